The Balaban J connectivity index is 2.35. The average molecular weight is 301 g/mol. The van der Waals surface area contributed by atoms with E-state index in [-0.39, 0.29) is 19.0 Å². The highest BCUT2D eigenvalue weighted by Crippen LogP contribution is 2.31. The summed E-state index contributed by atoms with van der Waals surface area (Å²) in [6.45, 7) is 1.98. The Morgan fingerprint density at radius 1 is 1.38 bits per heavy atom. The van der Waals surface area contributed by atoms with Gasteiger partial charge in [-0.25, -0.2) is 0 Å². The largest absolute Gasteiger partial charge is 0.434 e. The second kappa shape index (κ2) is 5.34. The van der Waals surface area contributed by atoms with E-state index < -0.39 is 29.4 Å². The Morgan fingerprint density at radius 3 is 2.67 bits per heavy atom. The highest BCUT2D eigenvalue weighted by molar-refractivity contribution is 5.99. The van der Waals surface area contributed by atoms with Crippen LogP contribution in [0.2, 0.25) is 0 Å². The lowest BCUT2D eigenvalue weighted by atomic mass is 10.1. The summed E-state index contributed by atoms with van der Waals surface area (Å²) >= 11 is 0. The molecule has 2 heterocycles. The summed E-state index contributed by atoms with van der Waals surface area (Å²) < 4.78 is 38.7. The van der Waals surface area contributed by atoms with Crippen LogP contribution in [0, 0.1) is 0 Å². The van der Waals surface area contributed by atoms with Crippen LogP contribution in [0.15, 0.2) is 18.3 Å². The molecular weight excluding hydrogens is 287 g/mol. The van der Waals surface area contributed by atoms with Crippen molar-refractivity contribution in [3.05, 3.63) is 29.6 Å². The first-order valence-corrected chi connectivity index (χ1v) is 6.31. The van der Waals surface area contributed by atoms with Crippen LogP contribution in [0.4, 0.5) is 13.2 Å². The zero-order valence-electron chi connectivity index (χ0n) is 11.5. The Hall–Kier alpha value is -2.12. The van der Waals surface area contributed by atoms with Gasteiger partial charge in [-0.2, -0.15) is 13.2 Å². The van der Waals surface area contributed by atoms with E-state index in [0.717, 1.165) is 17.2 Å². The van der Waals surface area contributed by atoms with Crippen LogP contribution >= 0.6 is 0 Å². The normalized spacial score (nSPS) is 19.9. The number of alkyl halides is 3. The number of pyridine rings is 1. The molecule has 1 aliphatic heterocycles. The summed E-state index contributed by atoms with van der Waals surface area (Å²) in [7, 11) is 1.59. The molecule has 1 saturated heterocycles. The quantitative estimate of drug-likeness (QED) is 0.788. The third kappa shape index (κ3) is 2.84. The zero-order valence-corrected chi connectivity index (χ0v) is 11.5. The highest BCUT2D eigenvalue weighted by atomic mass is 19.4. The van der Waals surface area contributed by atoms with Crippen LogP contribution in [-0.4, -0.2) is 52.8 Å². The predicted molar refractivity (Wildman–Crippen MR) is 67.4 cm³/mol. The number of rotatable bonds is 1. The molecule has 2 rings (SSSR count). The van der Waals surface area contributed by atoms with Gasteiger partial charge in [-0.15, -0.1) is 0 Å². The number of hydrogen-bond acceptors (Lipinski definition) is 3. The highest BCUT2D eigenvalue weighted by Gasteiger charge is 2.40. The predicted octanol–water partition coefficient (Wildman–Crippen LogP) is 1.40. The molecule has 1 aromatic heterocycles. The van der Waals surface area contributed by atoms with Crippen LogP contribution in [0.1, 0.15) is 23.0 Å². The number of nitrogens with zero attached hydrogens (tertiary/aromatic N) is 3. The van der Waals surface area contributed by atoms with Crippen molar-refractivity contribution in [1.82, 2.24) is 14.8 Å². The first-order chi connectivity index (χ1) is 9.73. The molecule has 1 aliphatic rings. The van der Waals surface area contributed by atoms with Crippen molar-refractivity contribution in [1.29, 1.82) is 0 Å². The van der Waals surface area contributed by atoms with Crippen molar-refractivity contribution in [2.75, 3.05) is 20.1 Å². The van der Waals surface area contributed by atoms with Crippen LogP contribution in [0.3, 0.4) is 0 Å². The summed E-state index contributed by atoms with van der Waals surface area (Å²) in [5.41, 5.74) is -1.76. The van der Waals surface area contributed by atoms with Gasteiger partial charge >= 0.3 is 6.18 Å². The monoisotopic (exact) mass is 301 g/mol. The van der Waals surface area contributed by atoms with E-state index in [1.165, 1.54) is 17.9 Å². The molecule has 1 aromatic rings. The maximum atomic E-state index is 12.9. The number of likely N-dealkylation sites (N-methyl/N-ethyl adjacent to an activating group) is 1. The molecule has 1 atom stereocenters. The lowest BCUT2D eigenvalue weighted by Gasteiger charge is -2.37. The van der Waals surface area contributed by atoms with Crippen LogP contribution in [0.5, 0.6) is 0 Å². The van der Waals surface area contributed by atoms with Gasteiger partial charge in [-0.05, 0) is 19.1 Å². The van der Waals surface area contributed by atoms with E-state index in [4.69, 9.17) is 0 Å². The van der Waals surface area contributed by atoms with Crippen molar-refractivity contribution >= 4 is 11.8 Å². The fraction of sp³-hybridized carbons (Fsp3) is 0.462. The topological polar surface area (TPSA) is 53.5 Å². The molecule has 5 nitrogen and oxygen atoms in total. The SMILES string of the molecule is C[C@@H]1C(=O)N(C)CCN1C(=O)c1cccnc1C(F)(F)F. The second-order valence-corrected chi connectivity index (χ2v) is 4.83. The molecule has 1 fully saturated rings. The Morgan fingerprint density at radius 2 is 2.05 bits per heavy atom. The van der Waals surface area contributed by atoms with E-state index in [2.05, 4.69) is 4.98 Å². The van der Waals surface area contributed by atoms with E-state index in [9.17, 15) is 22.8 Å². The van der Waals surface area contributed by atoms with Crippen LogP contribution in [-0.2, 0) is 11.0 Å². The van der Waals surface area contributed by atoms with E-state index in [0.29, 0.717) is 0 Å². The maximum absolute atomic E-state index is 12.9. The third-order valence-corrected chi connectivity index (χ3v) is 3.44. The third-order valence-electron chi connectivity index (χ3n) is 3.44. The van der Waals surface area contributed by atoms with Gasteiger partial charge in [0.2, 0.25) is 5.91 Å². The fourth-order valence-corrected chi connectivity index (χ4v) is 2.25. The standard InChI is InChI=1S/C13H14F3N3O2/c1-8-11(20)18(2)6-7-19(8)12(21)9-4-3-5-17-10(9)13(14,15)16/h3-5,8H,6-7H2,1-2H3/t8-/m1/s1. The number of halogens is 3. The van der Waals surface area contributed by atoms with E-state index in [1.807, 2.05) is 0 Å². The first kappa shape index (κ1) is 15.3. The average Bonchev–Trinajstić information content (AvgIpc) is 2.43. The number of amides is 2. The summed E-state index contributed by atoms with van der Waals surface area (Å²) in [5.74, 6) is -1.13. The molecule has 114 valence electrons. The lowest BCUT2D eigenvalue weighted by molar-refractivity contribution is -0.141. The molecule has 0 aromatic carbocycles. The van der Waals surface area contributed by atoms with Crippen molar-refractivity contribution < 1.29 is 22.8 Å². The number of aromatic nitrogens is 1. The molecule has 0 spiro atoms. The van der Waals surface area contributed by atoms with Gasteiger partial charge in [-0.1, -0.05) is 0 Å². The van der Waals surface area contributed by atoms with Crippen LogP contribution < -0.4 is 0 Å². The lowest BCUT2D eigenvalue weighted by Crippen LogP contribution is -2.56. The molecule has 0 unspecified atom stereocenters. The zero-order chi connectivity index (χ0) is 15.8. The summed E-state index contributed by atoms with van der Waals surface area (Å²) in [5, 5.41) is 0. The number of hydrogen-bond donors (Lipinski definition) is 0. The molecule has 8 heteroatoms. The summed E-state index contributed by atoms with van der Waals surface area (Å²) in [6.07, 6.45) is -3.73. The number of piperazine rings is 1. The van der Waals surface area contributed by atoms with Gasteiger partial charge in [0, 0.05) is 26.3 Å². The van der Waals surface area contributed by atoms with Crippen molar-refractivity contribution in [2.45, 2.75) is 19.1 Å². The minimum Gasteiger partial charge on any atom is -0.342 e. The molecular formula is C13H14F3N3O2. The second-order valence-electron chi connectivity index (χ2n) is 4.83. The Bertz CT molecular complexity index is 574. The van der Waals surface area contributed by atoms with Gasteiger partial charge in [0.1, 0.15) is 6.04 Å². The van der Waals surface area contributed by atoms with Gasteiger partial charge in [0.25, 0.3) is 5.91 Å². The molecule has 2 amide bonds. The Kier molecular flexibility index (Phi) is 3.89. The number of carbonyl (C=O) groups is 2. The molecule has 0 N–H and O–H groups in total. The maximum Gasteiger partial charge on any atom is 0.434 e. The fourth-order valence-electron chi connectivity index (χ4n) is 2.25. The summed E-state index contributed by atoms with van der Waals surface area (Å²) in [6, 6.07) is 1.55. The smallest absolute Gasteiger partial charge is 0.342 e. The molecule has 0 aliphatic carbocycles. The minimum absolute atomic E-state index is 0.189. The van der Waals surface area contributed by atoms with Gasteiger partial charge < -0.3 is 9.80 Å². The molecule has 21 heavy (non-hydrogen) atoms. The van der Waals surface area contributed by atoms with Gasteiger partial charge in [-0.3, -0.25) is 14.6 Å². The Labute approximate surface area is 119 Å². The molecule has 0 bridgehead atoms. The van der Waals surface area contributed by atoms with E-state index >= 15 is 0 Å². The summed E-state index contributed by atoms with van der Waals surface area (Å²) in [4.78, 5) is 30.0. The van der Waals surface area contributed by atoms with Crippen molar-refractivity contribution in [3.63, 3.8) is 0 Å². The van der Waals surface area contributed by atoms with Crippen molar-refractivity contribution in [3.8, 4) is 0 Å². The van der Waals surface area contributed by atoms with E-state index in [1.54, 1.807) is 7.05 Å². The van der Waals surface area contributed by atoms with Crippen LogP contribution in [0.25, 0.3) is 0 Å². The minimum atomic E-state index is -4.72. The van der Waals surface area contributed by atoms with Gasteiger partial charge in [0.15, 0.2) is 5.69 Å². The number of carbonyl (C=O) groups excluding carboxylic acids is 2. The molecule has 0 saturated carbocycles. The van der Waals surface area contributed by atoms with Crippen molar-refractivity contribution in [2.24, 2.45) is 0 Å². The first-order valence-electron chi connectivity index (χ1n) is 6.31. The van der Waals surface area contributed by atoms with Gasteiger partial charge in [0.05, 0.1) is 5.56 Å². The molecule has 0 radical (unpaired) electrons.